The number of carbonyl (C=O) groups is 2. The van der Waals surface area contributed by atoms with E-state index in [0.29, 0.717) is 10.2 Å². The Hall–Kier alpha value is -3.26. The average Bonchev–Trinajstić information content (AvgIpc) is 3.00. The molecule has 0 fully saturated rings. The Bertz CT molecular complexity index is 1070. The number of aryl methyl sites for hydroxylation is 1. The van der Waals surface area contributed by atoms with Crippen molar-refractivity contribution in [1.82, 2.24) is 20.2 Å². The third kappa shape index (κ3) is 3.95. The molecule has 0 atom stereocenters. The minimum atomic E-state index is -0.640. The largest absolute Gasteiger partial charge is 0.334 e. The molecular weight excluding hydrogens is 364 g/mol. The van der Waals surface area contributed by atoms with Crippen molar-refractivity contribution in [3.63, 3.8) is 0 Å². The van der Waals surface area contributed by atoms with Gasteiger partial charge in [-0.2, -0.15) is 0 Å². The van der Waals surface area contributed by atoms with Crippen molar-refractivity contribution in [2.24, 2.45) is 0 Å². The normalized spacial score (nSPS) is 10.6. The highest BCUT2D eigenvalue weighted by Crippen LogP contribution is 2.35. The number of imide groups is 1. The maximum atomic E-state index is 13.0. The molecule has 8 heteroatoms. The number of aromatic nitrogens is 2. The van der Waals surface area contributed by atoms with Crippen LogP contribution >= 0.6 is 11.3 Å². The molecule has 0 aliphatic heterocycles. The van der Waals surface area contributed by atoms with E-state index in [2.05, 4.69) is 22.2 Å². The van der Waals surface area contributed by atoms with E-state index in [9.17, 15) is 14.4 Å². The lowest BCUT2D eigenvalue weighted by atomic mass is 10.0. The van der Waals surface area contributed by atoms with Crippen molar-refractivity contribution in [2.75, 3.05) is 6.54 Å². The van der Waals surface area contributed by atoms with Crippen molar-refractivity contribution in [1.29, 1.82) is 0 Å². The highest BCUT2D eigenvalue weighted by atomic mass is 32.1. The van der Waals surface area contributed by atoms with E-state index >= 15 is 0 Å². The number of hydrogen-bond donors (Lipinski definition) is 2. The van der Waals surface area contributed by atoms with Crippen LogP contribution in [0.25, 0.3) is 21.3 Å². The second-order valence-corrected chi connectivity index (χ2v) is 7.01. The minimum Gasteiger partial charge on any atom is -0.334 e. The van der Waals surface area contributed by atoms with Gasteiger partial charge in [0.05, 0.1) is 11.7 Å². The number of nitrogens with one attached hydrogen (secondary N) is 2. The molecule has 0 aliphatic carbocycles. The maximum absolute atomic E-state index is 13.0. The molecule has 3 rings (SSSR count). The smallest absolute Gasteiger partial charge is 0.321 e. The molecular formula is C19H18N4O3S. The number of rotatable bonds is 5. The van der Waals surface area contributed by atoms with Gasteiger partial charge in [-0.25, -0.2) is 9.78 Å². The molecule has 1 aromatic carbocycles. The van der Waals surface area contributed by atoms with Gasteiger partial charge in [0.1, 0.15) is 11.4 Å². The van der Waals surface area contributed by atoms with Crippen LogP contribution in [-0.2, 0) is 11.3 Å². The van der Waals surface area contributed by atoms with Gasteiger partial charge < -0.3 is 5.32 Å². The van der Waals surface area contributed by atoms with E-state index in [0.717, 1.165) is 16.0 Å². The SMILES string of the molecule is C=CCNC(=O)NC(=O)Cn1cnc2sc(C)c(-c3ccccc3)c2c1=O. The molecule has 2 aromatic heterocycles. The van der Waals surface area contributed by atoms with Crippen molar-refractivity contribution in [3.8, 4) is 11.1 Å². The van der Waals surface area contributed by atoms with Crippen LogP contribution in [0.5, 0.6) is 0 Å². The molecule has 27 heavy (non-hydrogen) atoms. The summed E-state index contributed by atoms with van der Waals surface area (Å²) >= 11 is 1.44. The molecule has 138 valence electrons. The number of nitrogens with zero attached hydrogens (tertiary/aromatic N) is 2. The van der Waals surface area contributed by atoms with E-state index in [-0.39, 0.29) is 18.6 Å². The van der Waals surface area contributed by atoms with Crippen molar-refractivity contribution >= 4 is 33.5 Å². The summed E-state index contributed by atoms with van der Waals surface area (Å²) in [7, 11) is 0. The Morgan fingerprint density at radius 2 is 2.04 bits per heavy atom. The molecule has 0 saturated carbocycles. The van der Waals surface area contributed by atoms with Gasteiger partial charge in [0.15, 0.2) is 0 Å². The quantitative estimate of drug-likeness (QED) is 0.663. The second-order valence-electron chi connectivity index (χ2n) is 5.80. The summed E-state index contributed by atoms with van der Waals surface area (Å²) in [6.45, 7) is 5.35. The Kier molecular flexibility index (Phi) is 5.46. The maximum Gasteiger partial charge on any atom is 0.321 e. The minimum absolute atomic E-state index is 0.237. The van der Waals surface area contributed by atoms with Gasteiger partial charge in [0.2, 0.25) is 5.91 Å². The van der Waals surface area contributed by atoms with Gasteiger partial charge in [0.25, 0.3) is 5.56 Å². The first-order valence-electron chi connectivity index (χ1n) is 8.23. The summed E-state index contributed by atoms with van der Waals surface area (Å²) in [5.74, 6) is -0.604. The van der Waals surface area contributed by atoms with Crippen molar-refractivity contribution < 1.29 is 9.59 Å². The van der Waals surface area contributed by atoms with E-state index in [1.807, 2.05) is 37.3 Å². The Balaban J connectivity index is 1.93. The Morgan fingerprint density at radius 1 is 1.30 bits per heavy atom. The lowest BCUT2D eigenvalue weighted by molar-refractivity contribution is -0.120. The van der Waals surface area contributed by atoms with E-state index < -0.39 is 11.9 Å². The van der Waals surface area contributed by atoms with Gasteiger partial charge in [0, 0.05) is 17.0 Å². The van der Waals surface area contributed by atoms with E-state index in [1.165, 1.54) is 28.3 Å². The van der Waals surface area contributed by atoms with Crippen LogP contribution in [0.1, 0.15) is 4.88 Å². The molecule has 3 amide bonds. The standard InChI is InChI=1S/C19H18N4O3S/c1-3-9-20-19(26)22-14(24)10-23-11-21-17-16(18(23)25)15(12(2)27-17)13-7-5-4-6-8-13/h3-8,11H,1,9-10H2,2H3,(H2,20,22,24,26). The molecule has 0 radical (unpaired) electrons. The summed E-state index contributed by atoms with van der Waals surface area (Å²) in [6.07, 6.45) is 2.83. The topological polar surface area (TPSA) is 93.1 Å². The predicted octanol–water partition coefficient (Wildman–Crippen LogP) is 2.45. The van der Waals surface area contributed by atoms with Gasteiger partial charge in [-0.05, 0) is 12.5 Å². The summed E-state index contributed by atoms with van der Waals surface area (Å²) in [4.78, 5) is 42.5. The molecule has 0 aliphatic rings. The fraction of sp³-hybridized carbons (Fsp3) is 0.158. The van der Waals surface area contributed by atoms with E-state index in [1.54, 1.807) is 0 Å². The fourth-order valence-electron chi connectivity index (χ4n) is 2.73. The first-order chi connectivity index (χ1) is 13.0. The fourth-order valence-corrected chi connectivity index (χ4v) is 3.74. The molecule has 0 unspecified atom stereocenters. The molecule has 2 heterocycles. The highest BCUT2D eigenvalue weighted by Gasteiger charge is 2.18. The van der Waals surface area contributed by atoms with E-state index in [4.69, 9.17) is 0 Å². The second kappa shape index (κ2) is 7.96. The van der Waals surface area contributed by atoms with Crippen molar-refractivity contribution in [3.05, 3.63) is 64.5 Å². The predicted molar refractivity (Wildman–Crippen MR) is 106 cm³/mol. The summed E-state index contributed by atoms with van der Waals surface area (Å²) in [6, 6.07) is 8.94. The number of benzene rings is 1. The number of hydrogen-bond acceptors (Lipinski definition) is 5. The van der Waals surface area contributed by atoms with Gasteiger partial charge in [-0.15, -0.1) is 17.9 Å². The Labute approximate surface area is 159 Å². The third-order valence-corrected chi connectivity index (χ3v) is 4.90. The molecule has 0 bridgehead atoms. The highest BCUT2D eigenvalue weighted by molar-refractivity contribution is 7.19. The molecule has 0 saturated heterocycles. The van der Waals surface area contributed by atoms with Crippen LogP contribution in [0.15, 0.2) is 54.1 Å². The van der Waals surface area contributed by atoms with Gasteiger partial charge in [-0.1, -0.05) is 36.4 Å². The zero-order valence-corrected chi connectivity index (χ0v) is 15.5. The first-order valence-corrected chi connectivity index (χ1v) is 9.05. The molecule has 2 N–H and O–H groups in total. The van der Waals surface area contributed by atoms with Gasteiger partial charge in [-0.3, -0.25) is 19.5 Å². The summed E-state index contributed by atoms with van der Waals surface area (Å²) in [5.41, 5.74) is 1.43. The van der Waals surface area contributed by atoms with Crippen LogP contribution in [0, 0.1) is 6.92 Å². The van der Waals surface area contributed by atoms with Crippen LogP contribution in [0.2, 0.25) is 0 Å². The summed E-state index contributed by atoms with van der Waals surface area (Å²) < 4.78 is 1.21. The number of amides is 3. The number of fused-ring (bicyclic) bond motifs is 1. The van der Waals surface area contributed by atoms with Crippen LogP contribution < -0.4 is 16.2 Å². The first kappa shape index (κ1) is 18.5. The van der Waals surface area contributed by atoms with Crippen molar-refractivity contribution in [2.45, 2.75) is 13.5 Å². The number of thiophene rings is 1. The number of carbonyl (C=O) groups excluding carboxylic acids is 2. The van der Waals surface area contributed by atoms with Crippen LogP contribution in [0.3, 0.4) is 0 Å². The zero-order chi connectivity index (χ0) is 19.4. The molecule has 0 spiro atoms. The van der Waals surface area contributed by atoms with Gasteiger partial charge >= 0.3 is 6.03 Å². The number of urea groups is 1. The lowest BCUT2D eigenvalue weighted by Gasteiger charge is -2.07. The molecule has 3 aromatic rings. The monoisotopic (exact) mass is 382 g/mol. The van der Waals surface area contributed by atoms with Crippen LogP contribution in [0.4, 0.5) is 4.79 Å². The lowest BCUT2D eigenvalue weighted by Crippen LogP contribution is -2.42. The Morgan fingerprint density at radius 3 is 2.74 bits per heavy atom. The third-order valence-electron chi connectivity index (χ3n) is 3.89. The van der Waals surface area contributed by atoms with Crippen LogP contribution in [-0.4, -0.2) is 28.0 Å². The average molecular weight is 382 g/mol. The zero-order valence-electron chi connectivity index (χ0n) is 14.7. The molecule has 7 nitrogen and oxygen atoms in total. The summed E-state index contributed by atoms with van der Waals surface area (Å²) in [5, 5.41) is 5.09.